The van der Waals surface area contributed by atoms with Crippen LogP contribution in [0.4, 0.5) is 0 Å². The molecule has 16 heavy (non-hydrogen) atoms. The number of nitrogens with one attached hydrogen (secondary N) is 1. The Morgan fingerprint density at radius 3 is 2.06 bits per heavy atom. The molecule has 0 aromatic heterocycles. The van der Waals surface area contributed by atoms with Crippen molar-refractivity contribution in [2.45, 2.75) is 47.1 Å². The summed E-state index contributed by atoms with van der Waals surface area (Å²) in [5.74, 6) is 0.201. The number of amides is 2. The Morgan fingerprint density at radius 2 is 1.75 bits per heavy atom. The highest BCUT2D eigenvalue weighted by molar-refractivity contribution is 5.84. The summed E-state index contributed by atoms with van der Waals surface area (Å²) >= 11 is 0. The third-order valence-electron chi connectivity index (χ3n) is 1.88. The summed E-state index contributed by atoms with van der Waals surface area (Å²) in [6, 6.07) is 0. The van der Waals surface area contributed by atoms with Crippen LogP contribution in [0.3, 0.4) is 0 Å². The second-order valence-corrected chi connectivity index (χ2v) is 5.59. The zero-order valence-corrected chi connectivity index (χ0v) is 11.3. The molecule has 0 heterocycles. The quantitative estimate of drug-likeness (QED) is 0.791. The van der Waals surface area contributed by atoms with Crippen LogP contribution in [0.5, 0.6) is 0 Å². The standard InChI is InChI=1S/C12H24N2O2/c1-9(2)7-14(10(3)15)8-11(16)13-12(4,5)6/h9H,7-8H2,1-6H3,(H,13,16). The van der Waals surface area contributed by atoms with Crippen LogP contribution >= 0.6 is 0 Å². The molecule has 94 valence electrons. The van der Waals surface area contributed by atoms with Crippen LogP contribution in [-0.4, -0.2) is 35.3 Å². The predicted octanol–water partition coefficient (Wildman–Crippen LogP) is 1.41. The molecule has 0 bridgehead atoms. The lowest BCUT2D eigenvalue weighted by Crippen LogP contribution is -2.47. The second kappa shape index (κ2) is 5.87. The molecule has 0 saturated carbocycles. The van der Waals surface area contributed by atoms with Gasteiger partial charge in [-0.25, -0.2) is 0 Å². The van der Waals surface area contributed by atoms with Crippen LogP contribution in [0, 0.1) is 5.92 Å². The summed E-state index contributed by atoms with van der Waals surface area (Å²) in [5, 5.41) is 2.84. The van der Waals surface area contributed by atoms with Gasteiger partial charge in [0.05, 0.1) is 6.54 Å². The first-order valence-electron chi connectivity index (χ1n) is 5.68. The van der Waals surface area contributed by atoms with Gasteiger partial charge in [0.1, 0.15) is 0 Å². The highest BCUT2D eigenvalue weighted by Gasteiger charge is 2.18. The summed E-state index contributed by atoms with van der Waals surface area (Å²) in [5.41, 5.74) is -0.253. The molecule has 0 aliphatic rings. The van der Waals surface area contributed by atoms with Gasteiger partial charge in [-0.1, -0.05) is 13.8 Å². The van der Waals surface area contributed by atoms with E-state index in [4.69, 9.17) is 0 Å². The average molecular weight is 228 g/mol. The maximum absolute atomic E-state index is 11.7. The van der Waals surface area contributed by atoms with Gasteiger partial charge in [-0.2, -0.15) is 0 Å². The fourth-order valence-electron chi connectivity index (χ4n) is 1.38. The van der Waals surface area contributed by atoms with E-state index in [2.05, 4.69) is 5.32 Å². The number of carbonyl (C=O) groups excluding carboxylic acids is 2. The minimum atomic E-state index is -0.253. The lowest BCUT2D eigenvalue weighted by molar-refractivity contribution is -0.135. The van der Waals surface area contributed by atoms with E-state index < -0.39 is 0 Å². The van der Waals surface area contributed by atoms with Crippen molar-refractivity contribution in [2.24, 2.45) is 5.92 Å². The maximum atomic E-state index is 11.7. The molecule has 0 spiro atoms. The minimum absolute atomic E-state index is 0.0576. The molecule has 0 atom stereocenters. The largest absolute Gasteiger partial charge is 0.350 e. The molecule has 4 nitrogen and oxygen atoms in total. The normalized spacial score (nSPS) is 11.4. The monoisotopic (exact) mass is 228 g/mol. The van der Waals surface area contributed by atoms with Crippen molar-refractivity contribution in [3.8, 4) is 0 Å². The Labute approximate surface area is 98.4 Å². The van der Waals surface area contributed by atoms with E-state index in [-0.39, 0.29) is 23.9 Å². The van der Waals surface area contributed by atoms with Gasteiger partial charge in [-0.15, -0.1) is 0 Å². The number of rotatable bonds is 4. The SMILES string of the molecule is CC(=O)N(CC(=O)NC(C)(C)C)CC(C)C. The molecule has 2 amide bonds. The van der Waals surface area contributed by atoms with Crippen molar-refractivity contribution in [3.05, 3.63) is 0 Å². The molecular formula is C12H24N2O2. The van der Waals surface area contributed by atoms with Gasteiger partial charge in [0, 0.05) is 19.0 Å². The lowest BCUT2D eigenvalue weighted by atomic mass is 10.1. The van der Waals surface area contributed by atoms with E-state index in [0.717, 1.165) is 0 Å². The van der Waals surface area contributed by atoms with Crippen molar-refractivity contribution in [1.29, 1.82) is 0 Å². The highest BCUT2D eigenvalue weighted by Crippen LogP contribution is 2.01. The van der Waals surface area contributed by atoms with Crippen LogP contribution in [0.2, 0.25) is 0 Å². The summed E-state index contributed by atoms with van der Waals surface area (Å²) in [7, 11) is 0. The summed E-state index contributed by atoms with van der Waals surface area (Å²) in [4.78, 5) is 24.6. The van der Waals surface area contributed by atoms with Gasteiger partial charge in [0.15, 0.2) is 0 Å². The number of nitrogens with zero attached hydrogens (tertiary/aromatic N) is 1. The van der Waals surface area contributed by atoms with Gasteiger partial charge in [-0.05, 0) is 26.7 Å². The van der Waals surface area contributed by atoms with Crippen LogP contribution < -0.4 is 5.32 Å². The predicted molar refractivity (Wildman–Crippen MR) is 65.0 cm³/mol. The van der Waals surface area contributed by atoms with Crippen LogP contribution in [0.25, 0.3) is 0 Å². The van der Waals surface area contributed by atoms with E-state index >= 15 is 0 Å². The van der Waals surface area contributed by atoms with Crippen LogP contribution in [-0.2, 0) is 9.59 Å². The van der Waals surface area contributed by atoms with Gasteiger partial charge in [0.2, 0.25) is 11.8 Å². The van der Waals surface area contributed by atoms with Crippen molar-refractivity contribution < 1.29 is 9.59 Å². The van der Waals surface area contributed by atoms with Gasteiger partial charge in [-0.3, -0.25) is 9.59 Å². The summed E-state index contributed by atoms with van der Waals surface area (Å²) in [6.45, 7) is 12.1. The second-order valence-electron chi connectivity index (χ2n) is 5.59. The van der Waals surface area contributed by atoms with Gasteiger partial charge >= 0.3 is 0 Å². The smallest absolute Gasteiger partial charge is 0.240 e. The minimum Gasteiger partial charge on any atom is -0.350 e. The van der Waals surface area contributed by atoms with Crippen molar-refractivity contribution in [1.82, 2.24) is 10.2 Å². The van der Waals surface area contributed by atoms with E-state index in [9.17, 15) is 9.59 Å². The first-order chi connectivity index (χ1) is 7.11. The van der Waals surface area contributed by atoms with Crippen LogP contribution in [0.1, 0.15) is 41.5 Å². The number of carbonyl (C=O) groups is 2. The molecule has 0 aliphatic heterocycles. The molecule has 0 rings (SSSR count). The lowest BCUT2D eigenvalue weighted by Gasteiger charge is -2.26. The summed E-state index contributed by atoms with van der Waals surface area (Å²) in [6.07, 6.45) is 0. The van der Waals surface area contributed by atoms with Gasteiger partial charge < -0.3 is 10.2 Å². The molecular weight excluding hydrogens is 204 g/mol. The van der Waals surface area contributed by atoms with E-state index in [1.54, 1.807) is 4.90 Å². The van der Waals surface area contributed by atoms with Crippen molar-refractivity contribution in [3.63, 3.8) is 0 Å². The fourth-order valence-corrected chi connectivity index (χ4v) is 1.38. The molecule has 0 saturated heterocycles. The topological polar surface area (TPSA) is 49.4 Å². The zero-order valence-electron chi connectivity index (χ0n) is 11.3. The summed E-state index contributed by atoms with van der Waals surface area (Å²) < 4.78 is 0. The molecule has 0 fully saturated rings. The van der Waals surface area contributed by atoms with E-state index in [1.807, 2.05) is 34.6 Å². The Bertz CT molecular complexity index is 254. The first kappa shape index (κ1) is 14.9. The molecule has 0 radical (unpaired) electrons. The fraction of sp³-hybridized carbons (Fsp3) is 0.833. The highest BCUT2D eigenvalue weighted by atomic mass is 16.2. The zero-order chi connectivity index (χ0) is 12.9. The van der Waals surface area contributed by atoms with E-state index in [1.165, 1.54) is 6.92 Å². The first-order valence-corrected chi connectivity index (χ1v) is 5.68. The Hall–Kier alpha value is -1.06. The number of hydrogen-bond donors (Lipinski definition) is 1. The molecule has 0 aromatic rings. The third kappa shape index (κ3) is 7.26. The Kier molecular flexibility index (Phi) is 5.48. The Morgan fingerprint density at radius 1 is 1.25 bits per heavy atom. The van der Waals surface area contributed by atoms with E-state index in [0.29, 0.717) is 12.5 Å². The maximum Gasteiger partial charge on any atom is 0.240 e. The van der Waals surface area contributed by atoms with Gasteiger partial charge in [0.25, 0.3) is 0 Å². The molecule has 0 aliphatic carbocycles. The third-order valence-corrected chi connectivity index (χ3v) is 1.88. The number of hydrogen-bond acceptors (Lipinski definition) is 2. The van der Waals surface area contributed by atoms with Crippen molar-refractivity contribution >= 4 is 11.8 Å². The average Bonchev–Trinajstić information content (AvgIpc) is 1.97. The van der Waals surface area contributed by atoms with Crippen molar-refractivity contribution in [2.75, 3.05) is 13.1 Å². The molecule has 1 N–H and O–H groups in total. The molecule has 0 unspecified atom stereocenters. The van der Waals surface area contributed by atoms with Crippen LogP contribution in [0.15, 0.2) is 0 Å². The Balaban J connectivity index is 4.30. The molecule has 0 aromatic carbocycles. The molecule has 4 heteroatoms.